The number of halogens is 2. The van der Waals surface area contributed by atoms with E-state index in [9.17, 15) is 8.78 Å². The van der Waals surface area contributed by atoms with Crippen LogP contribution in [0.15, 0.2) is 60.7 Å². The number of aryl methyl sites for hydroxylation is 2. The van der Waals surface area contributed by atoms with Crippen LogP contribution >= 0.6 is 0 Å². The third-order valence-electron chi connectivity index (χ3n) is 6.54. The number of benzene rings is 3. The summed E-state index contributed by atoms with van der Waals surface area (Å²) in [5, 5.41) is 0. The second kappa shape index (κ2) is 15.7. The lowest BCUT2D eigenvalue weighted by Gasteiger charge is -2.04. The standard InChI is InChI=1S/C35H38F2/c1-3-5-7-9-11-13-32-23-20-31(27-34(32)36)22-25-33-24-21-30(26-35(33)37)19-18-29-16-14-28(15-17-29)12-10-8-6-4-2/h14-17,20-21,23-24,26-27H,3-13H2,1-2H3. The monoisotopic (exact) mass is 496 g/mol. The highest BCUT2D eigenvalue weighted by Crippen LogP contribution is 2.15. The summed E-state index contributed by atoms with van der Waals surface area (Å²) >= 11 is 0. The van der Waals surface area contributed by atoms with Crippen LogP contribution in [0.1, 0.15) is 105 Å². The van der Waals surface area contributed by atoms with Crippen LogP contribution in [0, 0.1) is 35.3 Å². The van der Waals surface area contributed by atoms with E-state index in [2.05, 4.69) is 49.7 Å². The van der Waals surface area contributed by atoms with Gasteiger partial charge in [-0.05, 0) is 79.3 Å². The van der Waals surface area contributed by atoms with E-state index in [1.54, 1.807) is 18.2 Å². The molecule has 3 aromatic rings. The van der Waals surface area contributed by atoms with Gasteiger partial charge in [-0.3, -0.25) is 0 Å². The summed E-state index contributed by atoms with van der Waals surface area (Å²) < 4.78 is 29.1. The molecule has 0 nitrogen and oxygen atoms in total. The van der Waals surface area contributed by atoms with Crippen LogP contribution in [0.3, 0.4) is 0 Å². The molecule has 0 aliphatic rings. The van der Waals surface area contributed by atoms with Gasteiger partial charge in [-0.25, -0.2) is 8.78 Å². The molecule has 0 spiro atoms. The highest BCUT2D eigenvalue weighted by molar-refractivity contribution is 5.49. The van der Waals surface area contributed by atoms with E-state index >= 15 is 0 Å². The predicted molar refractivity (Wildman–Crippen MR) is 152 cm³/mol. The molecule has 37 heavy (non-hydrogen) atoms. The van der Waals surface area contributed by atoms with Gasteiger partial charge in [0, 0.05) is 16.7 Å². The highest BCUT2D eigenvalue weighted by atomic mass is 19.1. The Kier molecular flexibility index (Phi) is 12.0. The second-order valence-electron chi connectivity index (χ2n) is 9.67. The maximum Gasteiger partial charge on any atom is 0.140 e. The van der Waals surface area contributed by atoms with Crippen molar-refractivity contribution < 1.29 is 8.78 Å². The third-order valence-corrected chi connectivity index (χ3v) is 6.54. The zero-order chi connectivity index (χ0) is 26.3. The first-order valence-electron chi connectivity index (χ1n) is 13.8. The molecule has 0 aliphatic carbocycles. The van der Waals surface area contributed by atoms with Gasteiger partial charge in [0.05, 0.1) is 5.56 Å². The van der Waals surface area contributed by atoms with Crippen LogP contribution in [0.5, 0.6) is 0 Å². The molecular weight excluding hydrogens is 458 g/mol. The molecule has 0 radical (unpaired) electrons. The van der Waals surface area contributed by atoms with Gasteiger partial charge in [0.1, 0.15) is 11.6 Å². The fourth-order valence-corrected chi connectivity index (χ4v) is 4.24. The molecule has 3 aromatic carbocycles. The fraction of sp³-hybridized carbons (Fsp3) is 0.371. The normalized spacial score (nSPS) is 10.4. The third kappa shape index (κ3) is 9.90. The van der Waals surface area contributed by atoms with Crippen molar-refractivity contribution in [3.63, 3.8) is 0 Å². The Bertz CT molecular complexity index is 1250. The van der Waals surface area contributed by atoms with Crippen molar-refractivity contribution >= 4 is 0 Å². The van der Waals surface area contributed by atoms with Crippen molar-refractivity contribution in [3.8, 4) is 23.7 Å². The molecule has 0 aliphatic heterocycles. The van der Waals surface area contributed by atoms with Gasteiger partial charge in [0.15, 0.2) is 0 Å². The minimum Gasteiger partial charge on any atom is -0.207 e. The van der Waals surface area contributed by atoms with E-state index in [0.29, 0.717) is 11.1 Å². The predicted octanol–water partition coefficient (Wildman–Crippen LogP) is 9.40. The smallest absolute Gasteiger partial charge is 0.140 e. The van der Waals surface area contributed by atoms with E-state index in [4.69, 9.17) is 0 Å². The first-order valence-corrected chi connectivity index (χ1v) is 13.8. The minimum atomic E-state index is -0.425. The van der Waals surface area contributed by atoms with Crippen LogP contribution in [0.25, 0.3) is 0 Å². The van der Waals surface area contributed by atoms with Gasteiger partial charge >= 0.3 is 0 Å². The largest absolute Gasteiger partial charge is 0.207 e. The molecule has 0 saturated heterocycles. The first-order chi connectivity index (χ1) is 18.1. The van der Waals surface area contributed by atoms with Crippen LogP contribution in [-0.2, 0) is 12.8 Å². The quantitative estimate of drug-likeness (QED) is 0.183. The van der Waals surface area contributed by atoms with Gasteiger partial charge in [-0.2, -0.15) is 0 Å². The summed E-state index contributed by atoms with van der Waals surface area (Å²) in [4.78, 5) is 0. The lowest BCUT2D eigenvalue weighted by atomic mass is 10.0. The van der Waals surface area contributed by atoms with Gasteiger partial charge < -0.3 is 0 Å². The van der Waals surface area contributed by atoms with Crippen molar-refractivity contribution in [1.82, 2.24) is 0 Å². The average molecular weight is 497 g/mol. The average Bonchev–Trinajstić information content (AvgIpc) is 2.91. The summed E-state index contributed by atoms with van der Waals surface area (Å²) in [6.45, 7) is 4.41. The Morgan fingerprint density at radius 2 is 1.05 bits per heavy atom. The Morgan fingerprint density at radius 3 is 1.73 bits per heavy atom. The molecule has 192 valence electrons. The molecular formula is C35H38F2. The minimum absolute atomic E-state index is 0.238. The Balaban J connectivity index is 1.58. The maximum absolute atomic E-state index is 14.6. The molecule has 0 saturated carbocycles. The topological polar surface area (TPSA) is 0 Å². The highest BCUT2D eigenvalue weighted by Gasteiger charge is 2.04. The Morgan fingerprint density at radius 1 is 0.514 bits per heavy atom. The Hall–Kier alpha value is -3.36. The van der Waals surface area contributed by atoms with E-state index in [0.717, 1.165) is 36.8 Å². The molecule has 0 aromatic heterocycles. The Labute approximate surface area is 222 Å². The van der Waals surface area contributed by atoms with E-state index in [1.807, 2.05) is 18.2 Å². The maximum atomic E-state index is 14.6. The fourth-order valence-electron chi connectivity index (χ4n) is 4.24. The van der Waals surface area contributed by atoms with Crippen molar-refractivity contribution in [2.75, 3.05) is 0 Å². The lowest BCUT2D eigenvalue weighted by Crippen LogP contribution is -1.92. The SMILES string of the molecule is CCCCCCCc1ccc(C#Cc2ccc(C#Cc3ccc(CCCCCC)cc3)cc2F)cc1F. The van der Waals surface area contributed by atoms with Crippen LogP contribution in [-0.4, -0.2) is 0 Å². The molecule has 0 fully saturated rings. The van der Waals surface area contributed by atoms with Crippen LogP contribution in [0.2, 0.25) is 0 Å². The van der Waals surface area contributed by atoms with Crippen LogP contribution in [0.4, 0.5) is 8.78 Å². The summed E-state index contributed by atoms with van der Waals surface area (Å²) in [5.74, 6) is 11.2. The van der Waals surface area contributed by atoms with E-state index < -0.39 is 5.82 Å². The zero-order valence-corrected chi connectivity index (χ0v) is 22.3. The van der Waals surface area contributed by atoms with Crippen molar-refractivity contribution in [3.05, 3.63) is 106 Å². The first kappa shape index (κ1) is 28.2. The molecule has 0 heterocycles. The summed E-state index contributed by atoms with van der Waals surface area (Å²) in [6.07, 6.45) is 12.6. The van der Waals surface area contributed by atoms with Crippen molar-refractivity contribution in [2.24, 2.45) is 0 Å². The molecule has 0 unspecified atom stereocenters. The number of hydrogen-bond donors (Lipinski definition) is 0. The number of unbranched alkanes of at least 4 members (excludes halogenated alkanes) is 7. The van der Waals surface area contributed by atoms with Crippen molar-refractivity contribution in [1.29, 1.82) is 0 Å². The van der Waals surface area contributed by atoms with E-state index in [-0.39, 0.29) is 11.4 Å². The van der Waals surface area contributed by atoms with Gasteiger partial charge in [-0.1, -0.05) is 101 Å². The number of hydrogen-bond acceptors (Lipinski definition) is 0. The van der Waals surface area contributed by atoms with Gasteiger partial charge in [0.25, 0.3) is 0 Å². The lowest BCUT2D eigenvalue weighted by molar-refractivity contribution is 0.587. The molecule has 2 heteroatoms. The summed E-state index contributed by atoms with van der Waals surface area (Å²) in [7, 11) is 0. The summed E-state index contributed by atoms with van der Waals surface area (Å²) in [5.41, 5.74) is 4.38. The second-order valence-corrected chi connectivity index (χ2v) is 9.67. The molecule has 0 atom stereocenters. The summed E-state index contributed by atoms with van der Waals surface area (Å²) in [6, 6.07) is 18.2. The molecule has 0 N–H and O–H groups in total. The van der Waals surface area contributed by atoms with Crippen molar-refractivity contribution in [2.45, 2.75) is 84.5 Å². The molecule has 3 rings (SSSR count). The zero-order valence-electron chi connectivity index (χ0n) is 22.3. The van der Waals surface area contributed by atoms with Gasteiger partial charge in [0.2, 0.25) is 0 Å². The van der Waals surface area contributed by atoms with Gasteiger partial charge in [-0.15, -0.1) is 0 Å². The van der Waals surface area contributed by atoms with E-state index in [1.165, 1.54) is 62.6 Å². The van der Waals surface area contributed by atoms with Crippen LogP contribution < -0.4 is 0 Å². The molecule has 0 amide bonds. The number of rotatable bonds is 11. The molecule has 0 bridgehead atoms.